The number of hydrogen-bond donors (Lipinski definition) is 1. The summed E-state index contributed by atoms with van der Waals surface area (Å²) in [4.78, 5) is 23.3. The number of methoxy groups -OCH3 is 1. The predicted octanol–water partition coefficient (Wildman–Crippen LogP) is 4.43. The van der Waals surface area contributed by atoms with E-state index >= 15 is 0 Å². The first-order chi connectivity index (χ1) is 10.1. The summed E-state index contributed by atoms with van der Waals surface area (Å²) in [7, 11) is 1.31. The van der Waals surface area contributed by atoms with E-state index in [1.165, 1.54) is 26.0 Å². The molecule has 0 bridgehead atoms. The van der Waals surface area contributed by atoms with Gasteiger partial charge in [-0.2, -0.15) is 0 Å². The molecule has 0 fully saturated rings. The summed E-state index contributed by atoms with van der Waals surface area (Å²) < 4.78 is 4.64. The van der Waals surface area contributed by atoms with Crippen LogP contribution in [0.2, 0.25) is 5.02 Å². The SMILES string of the molecule is CCCCCCCC(=O)Nc1cc(C(=O)OC)ccc1Cl. The topological polar surface area (TPSA) is 55.4 Å². The maximum absolute atomic E-state index is 11.9. The minimum atomic E-state index is -0.457. The van der Waals surface area contributed by atoms with Crippen molar-refractivity contribution < 1.29 is 14.3 Å². The van der Waals surface area contributed by atoms with E-state index in [-0.39, 0.29) is 5.91 Å². The molecule has 21 heavy (non-hydrogen) atoms. The van der Waals surface area contributed by atoms with E-state index in [9.17, 15) is 9.59 Å². The maximum atomic E-state index is 11.9. The van der Waals surface area contributed by atoms with Gasteiger partial charge in [0.15, 0.2) is 0 Å². The predicted molar refractivity (Wildman–Crippen MR) is 84.8 cm³/mol. The Kier molecular flexibility index (Phi) is 7.83. The zero-order chi connectivity index (χ0) is 15.7. The molecule has 0 heterocycles. The van der Waals surface area contributed by atoms with Crippen molar-refractivity contribution in [1.29, 1.82) is 0 Å². The first-order valence-electron chi connectivity index (χ1n) is 7.26. The van der Waals surface area contributed by atoms with Crippen molar-refractivity contribution in [3.8, 4) is 0 Å². The molecule has 1 rings (SSSR count). The second kappa shape index (κ2) is 9.40. The van der Waals surface area contributed by atoms with Crippen LogP contribution in [-0.2, 0) is 9.53 Å². The summed E-state index contributed by atoms with van der Waals surface area (Å²) in [6.07, 6.45) is 5.92. The highest BCUT2D eigenvalue weighted by molar-refractivity contribution is 6.33. The third kappa shape index (κ3) is 6.17. The Labute approximate surface area is 130 Å². The molecule has 0 aliphatic heterocycles. The van der Waals surface area contributed by atoms with Gasteiger partial charge in [0.25, 0.3) is 0 Å². The van der Waals surface area contributed by atoms with Gasteiger partial charge in [0.05, 0.1) is 23.4 Å². The number of ether oxygens (including phenoxy) is 1. The quantitative estimate of drug-likeness (QED) is 0.571. The summed E-state index contributed by atoms with van der Waals surface area (Å²) >= 11 is 6.02. The molecule has 0 spiro atoms. The van der Waals surface area contributed by atoms with Crippen molar-refractivity contribution >= 4 is 29.2 Å². The lowest BCUT2D eigenvalue weighted by Gasteiger charge is -2.09. The fourth-order valence-corrected chi connectivity index (χ4v) is 2.13. The molecule has 1 N–H and O–H groups in total. The van der Waals surface area contributed by atoms with E-state index in [2.05, 4.69) is 17.0 Å². The minimum absolute atomic E-state index is 0.0876. The number of amides is 1. The van der Waals surface area contributed by atoms with Crippen molar-refractivity contribution in [1.82, 2.24) is 0 Å². The molecule has 0 saturated heterocycles. The van der Waals surface area contributed by atoms with Crippen LogP contribution < -0.4 is 5.32 Å². The molecule has 0 radical (unpaired) electrons. The Morgan fingerprint density at radius 1 is 1.19 bits per heavy atom. The number of carbonyl (C=O) groups is 2. The molecular weight excluding hydrogens is 290 g/mol. The summed E-state index contributed by atoms with van der Waals surface area (Å²) in [5, 5.41) is 3.15. The number of unbranched alkanes of at least 4 members (excludes halogenated alkanes) is 4. The van der Waals surface area contributed by atoms with Crippen molar-refractivity contribution in [2.75, 3.05) is 12.4 Å². The lowest BCUT2D eigenvalue weighted by atomic mass is 10.1. The van der Waals surface area contributed by atoms with Gasteiger partial charge in [0, 0.05) is 6.42 Å². The zero-order valence-corrected chi connectivity index (χ0v) is 13.3. The highest BCUT2D eigenvalue weighted by Crippen LogP contribution is 2.23. The Bertz CT molecular complexity index is 488. The highest BCUT2D eigenvalue weighted by Gasteiger charge is 2.11. The van der Waals surface area contributed by atoms with Crippen molar-refractivity contribution in [3.05, 3.63) is 28.8 Å². The fourth-order valence-electron chi connectivity index (χ4n) is 1.97. The largest absolute Gasteiger partial charge is 0.465 e. The molecule has 1 amide bonds. The van der Waals surface area contributed by atoms with Gasteiger partial charge in [-0.3, -0.25) is 4.79 Å². The van der Waals surface area contributed by atoms with Crippen LogP contribution >= 0.6 is 11.6 Å². The number of benzene rings is 1. The Hall–Kier alpha value is -1.55. The van der Waals surface area contributed by atoms with Crippen LogP contribution in [-0.4, -0.2) is 19.0 Å². The maximum Gasteiger partial charge on any atom is 0.337 e. The average molecular weight is 312 g/mol. The van der Waals surface area contributed by atoms with E-state index in [0.29, 0.717) is 22.7 Å². The number of halogens is 1. The van der Waals surface area contributed by atoms with Crippen LogP contribution in [0.5, 0.6) is 0 Å². The zero-order valence-electron chi connectivity index (χ0n) is 12.6. The minimum Gasteiger partial charge on any atom is -0.465 e. The van der Waals surface area contributed by atoms with E-state index in [1.54, 1.807) is 12.1 Å². The van der Waals surface area contributed by atoms with E-state index in [4.69, 9.17) is 11.6 Å². The Balaban J connectivity index is 2.53. The smallest absolute Gasteiger partial charge is 0.337 e. The molecule has 1 aromatic carbocycles. The van der Waals surface area contributed by atoms with Gasteiger partial charge in [-0.1, -0.05) is 44.2 Å². The second-order valence-corrected chi connectivity index (χ2v) is 5.31. The van der Waals surface area contributed by atoms with Gasteiger partial charge in [-0.25, -0.2) is 4.79 Å². The Morgan fingerprint density at radius 2 is 1.90 bits per heavy atom. The molecular formula is C16H22ClNO3. The van der Waals surface area contributed by atoms with Crippen LogP contribution in [0.25, 0.3) is 0 Å². The molecule has 0 aliphatic rings. The first-order valence-corrected chi connectivity index (χ1v) is 7.64. The van der Waals surface area contributed by atoms with Crippen LogP contribution in [0.3, 0.4) is 0 Å². The summed E-state index contributed by atoms with van der Waals surface area (Å²) in [5.41, 5.74) is 0.804. The van der Waals surface area contributed by atoms with E-state index in [0.717, 1.165) is 19.3 Å². The third-order valence-corrected chi connectivity index (χ3v) is 3.50. The molecule has 1 aromatic rings. The highest BCUT2D eigenvalue weighted by atomic mass is 35.5. The molecule has 0 aromatic heterocycles. The number of esters is 1. The average Bonchev–Trinajstić information content (AvgIpc) is 2.48. The summed E-state index contributed by atoms with van der Waals surface area (Å²) in [5.74, 6) is -0.544. The van der Waals surface area contributed by atoms with Crippen LogP contribution in [0.1, 0.15) is 55.8 Å². The van der Waals surface area contributed by atoms with Gasteiger partial charge in [0.2, 0.25) is 5.91 Å². The normalized spacial score (nSPS) is 10.2. The number of anilines is 1. The van der Waals surface area contributed by atoms with Gasteiger partial charge in [-0.05, 0) is 24.6 Å². The monoisotopic (exact) mass is 311 g/mol. The van der Waals surface area contributed by atoms with E-state index in [1.807, 2.05) is 0 Å². The Morgan fingerprint density at radius 3 is 2.57 bits per heavy atom. The lowest BCUT2D eigenvalue weighted by Crippen LogP contribution is -2.12. The number of hydrogen-bond acceptors (Lipinski definition) is 3. The van der Waals surface area contributed by atoms with Crippen LogP contribution in [0.4, 0.5) is 5.69 Å². The third-order valence-electron chi connectivity index (χ3n) is 3.17. The summed E-state index contributed by atoms with van der Waals surface area (Å²) in [6, 6.07) is 4.67. The van der Waals surface area contributed by atoms with Crippen LogP contribution in [0, 0.1) is 0 Å². The van der Waals surface area contributed by atoms with Gasteiger partial charge >= 0.3 is 5.97 Å². The van der Waals surface area contributed by atoms with E-state index < -0.39 is 5.97 Å². The first kappa shape index (κ1) is 17.5. The molecule has 0 aliphatic carbocycles. The molecule has 116 valence electrons. The standard InChI is InChI=1S/C16H22ClNO3/c1-3-4-5-6-7-8-15(19)18-14-11-12(16(20)21-2)9-10-13(14)17/h9-11H,3-8H2,1-2H3,(H,18,19). The van der Waals surface area contributed by atoms with Gasteiger partial charge in [-0.15, -0.1) is 0 Å². The molecule has 4 nitrogen and oxygen atoms in total. The van der Waals surface area contributed by atoms with Gasteiger partial charge in [0.1, 0.15) is 0 Å². The molecule has 0 unspecified atom stereocenters. The molecule has 0 atom stereocenters. The molecule has 0 saturated carbocycles. The van der Waals surface area contributed by atoms with Crippen molar-refractivity contribution in [2.45, 2.75) is 45.4 Å². The number of rotatable bonds is 8. The van der Waals surface area contributed by atoms with Crippen molar-refractivity contribution in [2.24, 2.45) is 0 Å². The fraction of sp³-hybridized carbons (Fsp3) is 0.500. The second-order valence-electron chi connectivity index (χ2n) is 4.90. The lowest BCUT2D eigenvalue weighted by molar-refractivity contribution is -0.116. The number of nitrogens with one attached hydrogen (secondary N) is 1. The van der Waals surface area contributed by atoms with Crippen LogP contribution in [0.15, 0.2) is 18.2 Å². The summed E-state index contributed by atoms with van der Waals surface area (Å²) in [6.45, 7) is 2.16. The van der Waals surface area contributed by atoms with Crippen molar-refractivity contribution in [3.63, 3.8) is 0 Å². The molecule has 5 heteroatoms. The number of carbonyl (C=O) groups excluding carboxylic acids is 2. The van der Waals surface area contributed by atoms with Gasteiger partial charge < -0.3 is 10.1 Å².